The molecule has 5 heteroatoms. The second-order valence-electron chi connectivity index (χ2n) is 3.46. The molecule has 1 saturated heterocycles. The topological polar surface area (TPSA) is 29.0 Å². The third-order valence-corrected chi connectivity index (χ3v) is 3.87. The van der Waals surface area contributed by atoms with Gasteiger partial charge in [-0.2, -0.15) is 0 Å². The van der Waals surface area contributed by atoms with Crippen LogP contribution in [-0.2, 0) is 0 Å². The van der Waals surface area contributed by atoms with Crippen LogP contribution in [0.3, 0.4) is 0 Å². The first-order valence-corrected chi connectivity index (χ1v) is 6.78. The molecule has 1 unspecified atom stereocenters. The van der Waals surface area contributed by atoms with Gasteiger partial charge in [0.25, 0.3) is 0 Å². The lowest BCUT2D eigenvalue weighted by Gasteiger charge is -2.15. The van der Waals surface area contributed by atoms with Crippen molar-refractivity contribution in [1.29, 1.82) is 0 Å². The van der Waals surface area contributed by atoms with Crippen molar-refractivity contribution in [3.8, 4) is 0 Å². The molecule has 0 spiro atoms. The summed E-state index contributed by atoms with van der Waals surface area (Å²) in [6.07, 6.45) is 4.97. The fourth-order valence-electron chi connectivity index (χ4n) is 1.61. The zero-order chi connectivity index (χ0) is 9.97. The van der Waals surface area contributed by atoms with Gasteiger partial charge in [-0.3, -0.25) is 0 Å². The first kappa shape index (κ1) is 10.6. The van der Waals surface area contributed by atoms with E-state index in [9.17, 15) is 0 Å². The number of anilines is 1. The number of nitrogens with zero attached hydrogens (tertiary/aromatic N) is 3. The van der Waals surface area contributed by atoms with E-state index in [0.29, 0.717) is 0 Å². The van der Waals surface area contributed by atoms with Crippen molar-refractivity contribution in [3.05, 3.63) is 16.0 Å². The number of rotatable bonds is 2. The standard InChI is InChI=1S/C9H11BrIN3/c10-3-7-1-2-14(6-7)9-12-4-8(11)5-13-9/h4-5,7H,1-3,6H2. The van der Waals surface area contributed by atoms with E-state index in [1.165, 1.54) is 6.42 Å². The van der Waals surface area contributed by atoms with Crippen LogP contribution < -0.4 is 4.90 Å². The summed E-state index contributed by atoms with van der Waals surface area (Å²) in [6.45, 7) is 2.16. The average molecular weight is 368 g/mol. The highest BCUT2D eigenvalue weighted by atomic mass is 127. The molecular formula is C9H11BrIN3. The van der Waals surface area contributed by atoms with E-state index >= 15 is 0 Å². The Hall–Kier alpha value is 0.0900. The predicted molar refractivity (Wildman–Crippen MR) is 68.9 cm³/mol. The smallest absolute Gasteiger partial charge is 0.225 e. The van der Waals surface area contributed by atoms with Gasteiger partial charge in [-0.05, 0) is 34.9 Å². The molecule has 14 heavy (non-hydrogen) atoms. The molecule has 76 valence electrons. The van der Waals surface area contributed by atoms with Crippen molar-refractivity contribution in [2.24, 2.45) is 5.92 Å². The summed E-state index contributed by atoms with van der Waals surface area (Å²) in [4.78, 5) is 10.9. The molecule has 3 nitrogen and oxygen atoms in total. The van der Waals surface area contributed by atoms with Crippen molar-refractivity contribution in [2.45, 2.75) is 6.42 Å². The van der Waals surface area contributed by atoms with Crippen LogP contribution in [0.1, 0.15) is 6.42 Å². The maximum atomic E-state index is 4.32. The Bertz CT molecular complexity index is 303. The van der Waals surface area contributed by atoms with Crippen molar-refractivity contribution in [1.82, 2.24) is 9.97 Å². The zero-order valence-corrected chi connectivity index (χ0v) is 11.4. The normalized spacial score (nSPS) is 21.6. The first-order valence-electron chi connectivity index (χ1n) is 4.58. The van der Waals surface area contributed by atoms with Crippen LogP contribution in [0.5, 0.6) is 0 Å². The molecule has 1 aliphatic heterocycles. The molecule has 2 rings (SSSR count). The Morgan fingerprint density at radius 3 is 2.79 bits per heavy atom. The van der Waals surface area contributed by atoms with Gasteiger partial charge >= 0.3 is 0 Å². The molecule has 1 aliphatic rings. The first-order chi connectivity index (χ1) is 6.79. The maximum Gasteiger partial charge on any atom is 0.225 e. The van der Waals surface area contributed by atoms with E-state index in [-0.39, 0.29) is 0 Å². The second-order valence-corrected chi connectivity index (χ2v) is 5.35. The molecule has 0 N–H and O–H groups in total. The van der Waals surface area contributed by atoms with Crippen LogP contribution >= 0.6 is 38.5 Å². The van der Waals surface area contributed by atoms with Crippen LogP contribution in [0.2, 0.25) is 0 Å². The van der Waals surface area contributed by atoms with Gasteiger partial charge in [0.1, 0.15) is 0 Å². The zero-order valence-electron chi connectivity index (χ0n) is 7.66. The summed E-state index contributed by atoms with van der Waals surface area (Å²) in [5, 5.41) is 1.08. The lowest BCUT2D eigenvalue weighted by Crippen LogP contribution is -2.22. The largest absolute Gasteiger partial charge is 0.341 e. The van der Waals surface area contributed by atoms with Crippen molar-refractivity contribution in [2.75, 3.05) is 23.3 Å². The Morgan fingerprint density at radius 2 is 2.21 bits per heavy atom. The minimum absolute atomic E-state index is 0.748. The Morgan fingerprint density at radius 1 is 1.50 bits per heavy atom. The molecule has 2 heterocycles. The van der Waals surface area contributed by atoms with Gasteiger partial charge in [0.15, 0.2) is 0 Å². The van der Waals surface area contributed by atoms with Crippen LogP contribution in [-0.4, -0.2) is 28.4 Å². The van der Waals surface area contributed by atoms with Crippen molar-refractivity contribution >= 4 is 44.5 Å². The van der Waals surface area contributed by atoms with E-state index in [2.05, 4.69) is 53.4 Å². The van der Waals surface area contributed by atoms with Crippen LogP contribution in [0.25, 0.3) is 0 Å². The van der Waals surface area contributed by atoms with Gasteiger partial charge in [-0.1, -0.05) is 15.9 Å². The lowest BCUT2D eigenvalue weighted by molar-refractivity contribution is 0.674. The molecule has 0 saturated carbocycles. The third-order valence-electron chi connectivity index (χ3n) is 2.39. The summed E-state index contributed by atoms with van der Waals surface area (Å²) in [5.41, 5.74) is 0. The fourth-order valence-corrected chi connectivity index (χ4v) is 2.42. The number of halogens is 2. The molecule has 0 aliphatic carbocycles. The van der Waals surface area contributed by atoms with Gasteiger partial charge < -0.3 is 4.90 Å². The number of aromatic nitrogens is 2. The summed E-state index contributed by atoms with van der Waals surface area (Å²) >= 11 is 5.74. The molecule has 0 bridgehead atoms. The minimum Gasteiger partial charge on any atom is -0.341 e. The highest BCUT2D eigenvalue weighted by Crippen LogP contribution is 2.21. The van der Waals surface area contributed by atoms with E-state index in [0.717, 1.165) is 33.9 Å². The SMILES string of the molecule is BrCC1CCN(c2ncc(I)cn2)C1. The van der Waals surface area contributed by atoms with Gasteiger partial charge in [-0.15, -0.1) is 0 Å². The Kier molecular flexibility index (Phi) is 3.59. The van der Waals surface area contributed by atoms with E-state index in [1.807, 2.05) is 12.4 Å². The highest BCUT2D eigenvalue weighted by molar-refractivity contribution is 14.1. The van der Waals surface area contributed by atoms with Crippen LogP contribution in [0, 0.1) is 9.49 Å². The molecule has 1 atom stereocenters. The minimum atomic E-state index is 0.748. The van der Waals surface area contributed by atoms with Gasteiger partial charge in [0.05, 0.1) is 0 Å². The van der Waals surface area contributed by atoms with Gasteiger partial charge in [0, 0.05) is 34.4 Å². The Balaban J connectivity index is 2.06. The van der Waals surface area contributed by atoms with Gasteiger partial charge in [-0.25, -0.2) is 9.97 Å². The monoisotopic (exact) mass is 367 g/mol. The summed E-state index contributed by atoms with van der Waals surface area (Å²) in [7, 11) is 0. The molecule has 0 radical (unpaired) electrons. The van der Waals surface area contributed by atoms with Crippen molar-refractivity contribution < 1.29 is 0 Å². The second kappa shape index (κ2) is 4.74. The molecule has 0 aromatic carbocycles. The number of hydrogen-bond acceptors (Lipinski definition) is 3. The molecular weight excluding hydrogens is 357 g/mol. The third kappa shape index (κ3) is 2.36. The fraction of sp³-hybridized carbons (Fsp3) is 0.556. The van der Waals surface area contributed by atoms with Gasteiger partial charge in [0.2, 0.25) is 5.95 Å². The summed E-state index contributed by atoms with van der Waals surface area (Å²) in [5.74, 6) is 1.62. The highest BCUT2D eigenvalue weighted by Gasteiger charge is 2.22. The quantitative estimate of drug-likeness (QED) is 0.593. The van der Waals surface area contributed by atoms with Crippen LogP contribution in [0.15, 0.2) is 12.4 Å². The molecule has 1 aromatic rings. The average Bonchev–Trinajstić information content (AvgIpc) is 2.67. The van der Waals surface area contributed by atoms with E-state index in [1.54, 1.807) is 0 Å². The lowest BCUT2D eigenvalue weighted by atomic mass is 10.2. The van der Waals surface area contributed by atoms with E-state index < -0.39 is 0 Å². The van der Waals surface area contributed by atoms with Crippen molar-refractivity contribution in [3.63, 3.8) is 0 Å². The molecule has 1 fully saturated rings. The number of alkyl halides is 1. The predicted octanol–water partition coefficient (Wildman–Crippen LogP) is 2.30. The molecule has 0 amide bonds. The molecule has 1 aromatic heterocycles. The van der Waals surface area contributed by atoms with Crippen LogP contribution in [0.4, 0.5) is 5.95 Å². The Labute approximate surface area is 106 Å². The summed E-state index contributed by atoms with van der Waals surface area (Å²) < 4.78 is 1.09. The summed E-state index contributed by atoms with van der Waals surface area (Å²) in [6, 6.07) is 0. The van der Waals surface area contributed by atoms with E-state index in [4.69, 9.17) is 0 Å². The maximum absolute atomic E-state index is 4.32. The number of hydrogen-bond donors (Lipinski definition) is 0.